The quantitative estimate of drug-likeness (QED) is 0.699. The van der Waals surface area contributed by atoms with Crippen LogP contribution in [0.2, 0.25) is 5.02 Å². The van der Waals surface area contributed by atoms with Crippen molar-refractivity contribution in [2.24, 2.45) is 0 Å². The number of halogens is 1. The molecule has 0 saturated carbocycles. The lowest BCUT2D eigenvalue weighted by atomic mass is 9.88. The van der Waals surface area contributed by atoms with Crippen molar-refractivity contribution < 1.29 is 20.1 Å². The first kappa shape index (κ1) is 11.8. The monoisotopic (exact) mass is 244 g/mol. The lowest BCUT2D eigenvalue weighted by Crippen LogP contribution is -2.43. The summed E-state index contributed by atoms with van der Waals surface area (Å²) in [5.41, 5.74) is -0.833. The van der Waals surface area contributed by atoms with Gasteiger partial charge in [0.1, 0.15) is 17.8 Å². The molecule has 3 atom stereocenters. The Morgan fingerprint density at radius 3 is 2.56 bits per heavy atom. The standard InChI is InChI=1S/C11H13ClO4/c12-8-4-2-1-3-7(8)11(6-13)10(15)9(14)5-16-11/h1-4,9-10,13-15H,5-6H2. The Morgan fingerprint density at radius 1 is 1.38 bits per heavy atom. The van der Waals surface area contributed by atoms with E-state index >= 15 is 0 Å². The molecule has 1 aliphatic heterocycles. The number of hydrogen-bond acceptors (Lipinski definition) is 4. The minimum Gasteiger partial charge on any atom is -0.393 e. The molecule has 1 fully saturated rings. The third-order valence-corrected chi connectivity index (χ3v) is 3.25. The molecular formula is C11H13ClO4. The van der Waals surface area contributed by atoms with E-state index in [0.717, 1.165) is 0 Å². The molecule has 16 heavy (non-hydrogen) atoms. The van der Waals surface area contributed by atoms with Gasteiger partial charge in [-0.15, -0.1) is 0 Å². The van der Waals surface area contributed by atoms with Crippen LogP contribution in [0.1, 0.15) is 5.56 Å². The van der Waals surface area contributed by atoms with E-state index in [1.54, 1.807) is 24.3 Å². The topological polar surface area (TPSA) is 69.9 Å². The summed E-state index contributed by atoms with van der Waals surface area (Å²) in [4.78, 5) is 0. The molecule has 0 spiro atoms. The van der Waals surface area contributed by atoms with Crippen LogP contribution in [-0.2, 0) is 10.3 Å². The summed E-state index contributed by atoms with van der Waals surface area (Å²) in [5, 5.41) is 29.2. The van der Waals surface area contributed by atoms with Gasteiger partial charge in [-0.05, 0) is 6.07 Å². The second kappa shape index (κ2) is 4.31. The van der Waals surface area contributed by atoms with Crippen LogP contribution < -0.4 is 0 Å². The number of aliphatic hydroxyl groups is 3. The predicted octanol–water partition coefficient (Wildman–Crippen LogP) is 0.280. The fourth-order valence-electron chi connectivity index (χ4n) is 1.99. The Kier molecular flexibility index (Phi) is 3.19. The molecule has 3 unspecified atom stereocenters. The van der Waals surface area contributed by atoms with Gasteiger partial charge in [0.25, 0.3) is 0 Å². The smallest absolute Gasteiger partial charge is 0.146 e. The van der Waals surface area contributed by atoms with Gasteiger partial charge in [-0.2, -0.15) is 0 Å². The summed E-state index contributed by atoms with van der Waals surface area (Å²) in [6.45, 7) is -0.456. The van der Waals surface area contributed by atoms with E-state index in [4.69, 9.17) is 16.3 Å². The van der Waals surface area contributed by atoms with E-state index in [0.29, 0.717) is 10.6 Å². The highest BCUT2D eigenvalue weighted by Gasteiger charge is 2.50. The van der Waals surface area contributed by atoms with Gasteiger partial charge >= 0.3 is 0 Å². The van der Waals surface area contributed by atoms with Gasteiger partial charge in [0.15, 0.2) is 0 Å². The maximum Gasteiger partial charge on any atom is 0.146 e. The van der Waals surface area contributed by atoms with Gasteiger partial charge in [0.2, 0.25) is 0 Å². The van der Waals surface area contributed by atoms with Gasteiger partial charge in [0, 0.05) is 10.6 Å². The molecule has 0 amide bonds. The molecule has 1 heterocycles. The molecule has 3 N–H and O–H groups in total. The zero-order chi connectivity index (χ0) is 11.8. The molecule has 5 heteroatoms. The number of ether oxygens (including phenoxy) is 1. The van der Waals surface area contributed by atoms with Crippen LogP contribution >= 0.6 is 11.6 Å². The van der Waals surface area contributed by atoms with Crippen molar-refractivity contribution in [3.63, 3.8) is 0 Å². The Balaban J connectivity index is 2.47. The summed E-state index contributed by atoms with van der Waals surface area (Å²) in [6.07, 6.45) is -2.19. The molecule has 1 aromatic carbocycles. The molecule has 1 aliphatic rings. The average Bonchev–Trinajstić information content (AvgIpc) is 2.58. The molecule has 1 saturated heterocycles. The Labute approximate surface area is 98.0 Å². The van der Waals surface area contributed by atoms with Crippen LogP contribution in [0.15, 0.2) is 24.3 Å². The minimum absolute atomic E-state index is 0.0209. The largest absolute Gasteiger partial charge is 0.393 e. The molecule has 0 aliphatic carbocycles. The van der Waals surface area contributed by atoms with Gasteiger partial charge in [-0.25, -0.2) is 0 Å². The van der Waals surface area contributed by atoms with Crippen LogP contribution in [0.4, 0.5) is 0 Å². The Morgan fingerprint density at radius 2 is 2.06 bits per heavy atom. The second-order valence-corrected chi connectivity index (χ2v) is 4.26. The Hall–Kier alpha value is -0.650. The van der Waals surface area contributed by atoms with Crippen molar-refractivity contribution in [2.45, 2.75) is 17.8 Å². The van der Waals surface area contributed by atoms with E-state index < -0.39 is 24.4 Å². The third-order valence-electron chi connectivity index (χ3n) is 2.92. The van der Waals surface area contributed by atoms with E-state index in [9.17, 15) is 15.3 Å². The van der Waals surface area contributed by atoms with Crippen LogP contribution in [0.3, 0.4) is 0 Å². The van der Waals surface area contributed by atoms with Crippen LogP contribution in [0, 0.1) is 0 Å². The lowest BCUT2D eigenvalue weighted by Gasteiger charge is -2.31. The molecule has 0 aromatic heterocycles. The van der Waals surface area contributed by atoms with E-state index in [2.05, 4.69) is 0 Å². The number of rotatable bonds is 2. The normalized spacial score (nSPS) is 34.2. The maximum absolute atomic E-state index is 9.89. The minimum atomic E-state index is -1.32. The highest BCUT2D eigenvalue weighted by atomic mass is 35.5. The van der Waals surface area contributed by atoms with E-state index in [1.165, 1.54) is 0 Å². The van der Waals surface area contributed by atoms with Crippen molar-refractivity contribution in [3.05, 3.63) is 34.9 Å². The molecule has 1 aromatic rings. The molecular weight excluding hydrogens is 232 g/mol. The van der Waals surface area contributed by atoms with Crippen LogP contribution in [0.5, 0.6) is 0 Å². The number of hydrogen-bond donors (Lipinski definition) is 3. The van der Waals surface area contributed by atoms with Crippen molar-refractivity contribution in [1.29, 1.82) is 0 Å². The maximum atomic E-state index is 9.89. The molecule has 88 valence electrons. The first-order valence-electron chi connectivity index (χ1n) is 4.98. The van der Waals surface area contributed by atoms with Crippen molar-refractivity contribution in [2.75, 3.05) is 13.2 Å². The third kappa shape index (κ3) is 1.63. The average molecular weight is 245 g/mol. The molecule has 0 bridgehead atoms. The number of benzene rings is 1. The molecule has 2 rings (SSSR count). The van der Waals surface area contributed by atoms with Crippen molar-refractivity contribution in [3.8, 4) is 0 Å². The molecule has 4 nitrogen and oxygen atoms in total. The van der Waals surface area contributed by atoms with Gasteiger partial charge in [-0.3, -0.25) is 0 Å². The second-order valence-electron chi connectivity index (χ2n) is 3.85. The first-order valence-corrected chi connectivity index (χ1v) is 5.35. The highest BCUT2D eigenvalue weighted by Crippen LogP contribution is 2.39. The van der Waals surface area contributed by atoms with Crippen molar-refractivity contribution >= 4 is 11.6 Å². The number of aliphatic hydroxyl groups excluding tert-OH is 3. The summed E-state index contributed by atoms with van der Waals surface area (Å²) in [6, 6.07) is 6.79. The van der Waals surface area contributed by atoms with E-state index in [-0.39, 0.29) is 6.61 Å². The summed E-state index contributed by atoms with van der Waals surface area (Å²) in [5.74, 6) is 0. The zero-order valence-electron chi connectivity index (χ0n) is 8.51. The fraction of sp³-hybridized carbons (Fsp3) is 0.455. The Bertz CT molecular complexity index is 384. The van der Waals surface area contributed by atoms with Crippen molar-refractivity contribution in [1.82, 2.24) is 0 Å². The molecule has 0 radical (unpaired) electrons. The summed E-state index contributed by atoms with van der Waals surface area (Å²) >= 11 is 6.00. The fourth-order valence-corrected chi connectivity index (χ4v) is 2.28. The zero-order valence-corrected chi connectivity index (χ0v) is 9.26. The highest BCUT2D eigenvalue weighted by molar-refractivity contribution is 6.31. The van der Waals surface area contributed by atoms with Gasteiger partial charge < -0.3 is 20.1 Å². The van der Waals surface area contributed by atoms with Gasteiger partial charge in [0.05, 0.1) is 13.2 Å². The predicted molar refractivity (Wildman–Crippen MR) is 58.2 cm³/mol. The summed E-state index contributed by atoms with van der Waals surface area (Å²) in [7, 11) is 0. The van der Waals surface area contributed by atoms with Crippen LogP contribution in [-0.4, -0.2) is 40.7 Å². The van der Waals surface area contributed by atoms with E-state index in [1.807, 2.05) is 0 Å². The first-order chi connectivity index (χ1) is 7.62. The SMILES string of the molecule is OCC1(c2ccccc2Cl)OCC(O)C1O. The van der Waals surface area contributed by atoms with Gasteiger partial charge in [-0.1, -0.05) is 29.8 Å². The summed E-state index contributed by atoms with van der Waals surface area (Å²) < 4.78 is 5.35. The lowest BCUT2D eigenvalue weighted by molar-refractivity contribution is -0.100. The van der Waals surface area contributed by atoms with Crippen LogP contribution in [0.25, 0.3) is 0 Å².